The number of sulfonamides is 1. The van der Waals surface area contributed by atoms with Crippen molar-refractivity contribution < 1.29 is 22.7 Å². The summed E-state index contributed by atoms with van der Waals surface area (Å²) in [6.45, 7) is 1.65. The minimum Gasteiger partial charge on any atom is -0.495 e. The molecule has 8 nitrogen and oxygen atoms in total. The molecule has 4 aromatic rings. The molecule has 0 fully saturated rings. The van der Waals surface area contributed by atoms with Crippen molar-refractivity contribution in [3.05, 3.63) is 119 Å². The molecule has 2 N–H and O–H groups in total. The Morgan fingerprint density at radius 3 is 2.29 bits per heavy atom. The van der Waals surface area contributed by atoms with Crippen molar-refractivity contribution in [1.29, 1.82) is 0 Å². The van der Waals surface area contributed by atoms with Crippen molar-refractivity contribution >= 4 is 44.8 Å². The molecule has 4 aromatic carbocycles. The summed E-state index contributed by atoms with van der Waals surface area (Å²) in [6.07, 6.45) is 0.647. The molecule has 4 rings (SSSR count). The Kier molecular flexibility index (Phi) is 9.65. The zero-order valence-corrected chi connectivity index (χ0v) is 24.2. The molecule has 0 unspecified atom stereocenters. The zero-order chi connectivity index (χ0) is 29.4. The molecule has 2 amide bonds. The molecular weight excluding hydrogens is 562 g/mol. The maximum absolute atomic E-state index is 13.8. The molecule has 0 spiro atoms. The van der Waals surface area contributed by atoms with Gasteiger partial charge in [-0.2, -0.15) is 0 Å². The Balaban J connectivity index is 1.58. The molecule has 0 saturated carbocycles. The number of methoxy groups -OCH3 is 1. The number of anilines is 2. The number of hydrogen-bond acceptors (Lipinski definition) is 5. The largest absolute Gasteiger partial charge is 0.495 e. The number of aryl methyl sites for hydroxylation is 1. The molecule has 0 aliphatic rings. The lowest BCUT2D eigenvalue weighted by Gasteiger charge is -2.26. The topological polar surface area (TPSA) is 105 Å². The molecule has 10 heteroatoms. The van der Waals surface area contributed by atoms with Crippen LogP contribution in [0.15, 0.2) is 102 Å². The Morgan fingerprint density at radius 2 is 1.59 bits per heavy atom. The highest BCUT2D eigenvalue weighted by Crippen LogP contribution is 2.35. The van der Waals surface area contributed by atoms with Crippen molar-refractivity contribution in [1.82, 2.24) is 5.32 Å². The molecule has 0 aliphatic heterocycles. The number of halogens is 1. The van der Waals surface area contributed by atoms with Gasteiger partial charge in [0.2, 0.25) is 5.91 Å². The van der Waals surface area contributed by atoms with Gasteiger partial charge in [-0.25, -0.2) is 8.42 Å². The second-order valence-electron chi connectivity index (χ2n) is 9.23. The van der Waals surface area contributed by atoms with Crippen LogP contribution in [-0.4, -0.2) is 40.4 Å². The van der Waals surface area contributed by atoms with E-state index < -0.39 is 22.5 Å². The SMILES string of the molecule is COc1ccc(Cl)cc1N(CC(=O)Nc1ccccc1C(=O)NCCc1ccccc1)S(=O)(=O)c1ccc(C)cc1. The van der Waals surface area contributed by atoms with E-state index in [1.165, 1.54) is 31.4 Å². The Bertz CT molecular complexity index is 1630. The van der Waals surface area contributed by atoms with Crippen LogP contribution in [0.25, 0.3) is 0 Å². The fourth-order valence-corrected chi connectivity index (χ4v) is 5.76. The predicted molar refractivity (Wildman–Crippen MR) is 161 cm³/mol. The number of hydrogen-bond donors (Lipinski definition) is 2. The lowest BCUT2D eigenvalue weighted by Crippen LogP contribution is -2.38. The first kappa shape index (κ1) is 29.6. The van der Waals surface area contributed by atoms with Crippen molar-refractivity contribution in [3.63, 3.8) is 0 Å². The second kappa shape index (κ2) is 13.3. The third-order valence-corrected chi connectivity index (χ3v) is 8.30. The van der Waals surface area contributed by atoms with Gasteiger partial charge in [-0.05, 0) is 61.4 Å². The summed E-state index contributed by atoms with van der Waals surface area (Å²) in [4.78, 5) is 26.3. The quantitative estimate of drug-likeness (QED) is 0.241. The van der Waals surface area contributed by atoms with Crippen LogP contribution in [-0.2, 0) is 21.2 Å². The van der Waals surface area contributed by atoms with Gasteiger partial charge in [0.05, 0.1) is 28.9 Å². The molecule has 0 heterocycles. The van der Waals surface area contributed by atoms with Gasteiger partial charge in [-0.15, -0.1) is 0 Å². The number of para-hydroxylation sites is 1. The molecule has 0 aromatic heterocycles. The second-order valence-corrected chi connectivity index (χ2v) is 11.5. The van der Waals surface area contributed by atoms with Crippen LogP contribution in [0.5, 0.6) is 5.75 Å². The highest BCUT2D eigenvalue weighted by atomic mass is 35.5. The average Bonchev–Trinajstić information content (AvgIpc) is 2.97. The monoisotopic (exact) mass is 591 g/mol. The summed E-state index contributed by atoms with van der Waals surface area (Å²) in [5, 5.41) is 5.84. The van der Waals surface area contributed by atoms with Crippen LogP contribution in [0, 0.1) is 6.92 Å². The smallest absolute Gasteiger partial charge is 0.264 e. The molecule has 41 heavy (non-hydrogen) atoms. The molecular formula is C31H30ClN3O5S. The number of carbonyl (C=O) groups is 2. The fraction of sp³-hybridized carbons (Fsp3) is 0.161. The van der Waals surface area contributed by atoms with Crippen LogP contribution in [0.1, 0.15) is 21.5 Å². The average molecular weight is 592 g/mol. The summed E-state index contributed by atoms with van der Waals surface area (Å²) in [6, 6.07) is 27.1. The van der Waals surface area contributed by atoms with Gasteiger partial charge in [0, 0.05) is 11.6 Å². The maximum atomic E-state index is 13.8. The molecule has 0 saturated heterocycles. The third kappa shape index (κ3) is 7.45. The van der Waals surface area contributed by atoms with Gasteiger partial charge in [0.25, 0.3) is 15.9 Å². The normalized spacial score (nSPS) is 11.0. The van der Waals surface area contributed by atoms with Crippen LogP contribution in [0.2, 0.25) is 5.02 Å². The molecule has 0 atom stereocenters. The van der Waals surface area contributed by atoms with Crippen molar-refractivity contribution in [2.75, 3.05) is 29.8 Å². The number of carbonyl (C=O) groups excluding carboxylic acids is 2. The van der Waals surface area contributed by atoms with Crippen LogP contribution in [0.3, 0.4) is 0 Å². The van der Waals surface area contributed by atoms with Crippen LogP contribution < -0.4 is 19.7 Å². The number of amides is 2. The van der Waals surface area contributed by atoms with Gasteiger partial charge >= 0.3 is 0 Å². The molecule has 0 aliphatic carbocycles. The lowest BCUT2D eigenvalue weighted by molar-refractivity contribution is -0.114. The molecule has 212 valence electrons. The van der Waals surface area contributed by atoms with E-state index in [9.17, 15) is 18.0 Å². The first-order chi connectivity index (χ1) is 19.7. The first-order valence-corrected chi connectivity index (χ1v) is 14.6. The van der Waals surface area contributed by atoms with Gasteiger partial charge in [-0.3, -0.25) is 13.9 Å². The lowest BCUT2D eigenvalue weighted by atomic mass is 10.1. The Morgan fingerprint density at radius 1 is 0.902 bits per heavy atom. The number of benzene rings is 4. The molecule has 0 bridgehead atoms. The molecule has 0 radical (unpaired) electrons. The van der Waals surface area contributed by atoms with E-state index in [0.29, 0.717) is 13.0 Å². The van der Waals surface area contributed by atoms with Gasteiger partial charge in [0.15, 0.2) is 0 Å². The van der Waals surface area contributed by atoms with Gasteiger partial charge in [0.1, 0.15) is 12.3 Å². The highest BCUT2D eigenvalue weighted by Gasteiger charge is 2.30. The third-order valence-electron chi connectivity index (χ3n) is 6.29. The van der Waals surface area contributed by atoms with Gasteiger partial charge < -0.3 is 15.4 Å². The number of ether oxygens (including phenoxy) is 1. The minimum absolute atomic E-state index is 0.00359. The van der Waals surface area contributed by atoms with E-state index in [1.807, 2.05) is 37.3 Å². The number of nitrogens with zero attached hydrogens (tertiary/aromatic N) is 1. The minimum atomic E-state index is -4.22. The van der Waals surface area contributed by atoms with E-state index in [0.717, 1.165) is 15.4 Å². The number of nitrogens with one attached hydrogen (secondary N) is 2. The Hall–Kier alpha value is -4.34. The summed E-state index contributed by atoms with van der Waals surface area (Å²) in [5.74, 6) is -0.805. The summed E-state index contributed by atoms with van der Waals surface area (Å²) < 4.78 is 34.0. The Labute approximate surface area is 245 Å². The first-order valence-electron chi connectivity index (χ1n) is 12.8. The maximum Gasteiger partial charge on any atom is 0.264 e. The van der Waals surface area contributed by atoms with Crippen LogP contribution >= 0.6 is 11.6 Å². The van der Waals surface area contributed by atoms with E-state index >= 15 is 0 Å². The summed E-state index contributed by atoms with van der Waals surface area (Å²) in [5.41, 5.74) is 2.57. The van der Waals surface area contributed by atoms with Crippen molar-refractivity contribution in [2.24, 2.45) is 0 Å². The van der Waals surface area contributed by atoms with Crippen molar-refractivity contribution in [3.8, 4) is 5.75 Å². The summed E-state index contributed by atoms with van der Waals surface area (Å²) in [7, 11) is -2.82. The van der Waals surface area contributed by atoms with E-state index in [1.54, 1.807) is 42.5 Å². The van der Waals surface area contributed by atoms with E-state index in [-0.39, 0.29) is 38.5 Å². The van der Waals surface area contributed by atoms with E-state index in [4.69, 9.17) is 16.3 Å². The van der Waals surface area contributed by atoms with Crippen LogP contribution in [0.4, 0.5) is 11.4 Å². The predicted octanol–water partition coefficient (Wildman–Crippen LogP) is 5.46. The standard InChI is InChI=1S/C31H30ClN3O5S/c1-22-12-15-25(16-13-22)41(38,39)35(28-20-24(32)14-17-29(28)40-2)21-30(36)34-27-11-7-6-10-26(27)31(37)33-19-18-23-8-4-3-5-9-23/h3-17,20H,18-19,21H2,1-2H3,(H,33,37)(H,34,36). The van der Waals surface area contributed by atoms with Gasteiger partial charge in [-0.1, -0.05) is 71.8 Å². The highest BCUT2D eigenvalue weighted by molar-refractivity contribution is 7.92. The van der Waals surface area contributed by atoms with Crippen molar-refractivity contribution in [2.45, 2.75) is 18.2 Å². The van der Waals surface area contributed by atoms with E-state index in [2.05, 4.69) is 10.6 Å². The summed E-state index contributed by atoms with van der Waals surface area (Å²) >= 11 is 6.22. The zero-order valence-electron chi connectivity index (χ0n) is 22.6. The fourth-order valence-electron chi connectivity index (χ4n) is 4.17. The number of rotatable bonds is 11.